The van der Waals surface area contributed by atoms with Crippen LogP contribution in [0.1, 0.15) is 55.6 Å². The van der Waals surface area contributed by atoms with Crippen LogP contribution in [0.5, 0.6) is 0 Å². The molecule has 0 bridgehead atoms. The third kappa shape index (κ3) is 4.90. The van der Waals surface area contributed by atoms with Crippen LogP contribution in [0.15, 0.2) is 48.5 Å². The molecule has 7 heteroatoms. The van der Waals surface area contributed by atoms with Crippen molar-refractivity contribution in [3.05, 3.63) is 59.7 Å². The number of alkyl carbamates (subject to hydrolysis) is 1. The number of hydrogen-bond donors (Lipinski definition) is 2. The number of benzene rings is 2. The van der Waals surface area contributed by atoms with Crippen molar-refractivity contribution < 1.29 is 24.2 Å². The fourth-order valence-corrected chi connectivity index (χ4v) is 5.93. The number of nitrogens with zero attached hydrogens (tertiary/aromatic N) is 1. The normalized spacial score (nSPS) is 21.9. The second-order valence-electron chi connectivity index (χ2n) is 10.0. The van der Waals surface area contributed by atoms with Gasteiger partial charge in [0.05, 0.1) is 12.3 Å². The Labute approximate surface area is 205 Å². The molecule has 0 aromatic heterocycles. The number of amides is 2. The van der Waals surface area contributed by atoms with Crippen molar-refractivity contribution in [2.45, 2.75) is 50.5 Å². The van der Waals surface area contributed by atoms with E-state index < -0.39 is 12.1 Å². The summed E-state index contributed by atoms with van der Waals surface area (Å²) < 4.78 is 5.73. The largest absolute Gasteiger partial charge is 0.481 e. The van der Waals surface area contributed by atoms with Crippen molar-refractivity contribution in [2.24, 2.45) is 11.8 Å². The van der Waals surface area contributed by atoms with E-state index in [0.717, 1.165) is 43.2 Å². The molecule has 2 atom stereocenters. The smallest absolute Gasteiger partial charge is 0.407 e. The van der Waals surface area contributed by atoms with Crippen LogP contribution in [0, 0.1) is 11.8 Å². The zero-order chi connectivity index (χ0) is 24.4. The number of rotatable bonds is 6. The lowest BCUT2D eigenvalue weighted by Gasteiger charge is -2.41. The summed E-state index contributed by atoms with van der Waals surface area (Å²) in [5.74, 6) is -1.07. The van der Waals surface area contributed by atoms with Gasteiger partial charge in [0, 0.05) is 31.0 Å². The minimum Gasteiger partial charge on any atom is -0.481 e. The van der Waals surface area contributed by atoms with Gasteiger partial charge in [-0.15, -0.1) is 0 Å². The highest BCUT2D eigenvalue weighted by molar-refractivity contribution is 5.82. The number of nitrogens with one attached hydrogen (secondary N) is 1. The zero-order valence-corrected chi connectivity index (χ0v) is 19.8. The summed E-state index contributed by atoms with van der Waals surface area (Å²) in [5, 5.41) is 12.0. The first-order valence-corrected chi connectivity index (χ1v) is 12.6. The van der Waals surface area contributed by atoms with Crippen molar-refractivity contribution in [2.75, 3.05) is 19.7 Å². The first kappa shape index (κ1) is 23.4. The average molecular weight is 477 g/mol. The molecule has 2 fully saturated rings. The van der Waals surface area contributed by atoms with E-state index in [0.29, 0.717) is 13.1 Å². The van der Waals surface area contributed by atoms with Crippen molar-refractivity contribution >= 4 is 18.0 Å². The van der Waals surface area contributed by atoms with Gasteiger partial charge in [0.25, 0.3) is 0 Å². The second kappa shape index (κ2) is 10.1. The van der Waals surface area contributed by atoms with E-state index in [1.165, 1.54) is 11.1 Å². The summed E-state index contributed by atoms with van der Waals surface area (Å²) in [5.41, 5.74) is 4.69. The lowest BCUT2D eigenvalue weighted by atomic mass is 9.89. The van der Waals surface area contributed by atoms with E-state index in [-0.39, 0.29) is 42.7 Å². The van der Waals surface area contributed by atoms with Gasteiger partial charge in [-0.2, -0.15) is 0 Å². The molecule has 2 aliphatic carbocycles. The number of carbonyl (C=O) groups excluding carboxylic acids is 2. The Bertz CT molecular complexity index is 1060. The molecule has 1 saturated heterocycles. The number of carboxylic acid groups (broad SMARTS) is 1. The Morgan fingerprint density at radius 1 is 0.914 bits per heavy atom. The van der Waals surface area contributed by atoms with Gasteiger partial charge in [-0.1, -0.05) is 67.8 Å². The van der Waals surface area contributed by atoms with Gasteiger partial charge < -0.3 is 20.1 Å². The van der Waals surface area contributed by atoms with Gasteiger partial charge in [0.1, 0.15) is 6.61 Å². The predicted octanol–water partition coefficient (Wildman–Crippen LogP) is 4.41. The lowest BCUT2D eigenvalue weighted by Crippen LogP contribution is -2.56. The Morgan fingerprint density at radius 2 is 1.54 bits per heavy atom. The summed E-state index contributed by atoms with van der Waals surface area (Å²) in [4.78, 5) is 38.7. The van der Waals surface area contributed by atoms with E-state index >= 15 is 0 Å². The third-order valence-electron chi connectivity index (χ3n) is 7.71. The fraction of sp³-hybridized carbons (Fsp3) is 0.464. The summed E-state index contributed by atoms with van der Waals surface area (Å²) in [6, 6.07) is 16.2. The highest BCUT2D eigenvalue weighted by atomic mass is 16.5. The van der Waals surface area contributed by atoms with E-state index in [4.69, 9.17) is 9.84 Å². The van der Waals surface area contributed by atoms with Crippen LogP contribution in [0.2, 0.25) is 0 Å². The number of likely N-dealkylation sites (tertiary alicyclic amines) is 1. The maximum Gasteiger partial charge on any atom is 0.407 e. The predicted molar refractivity (Wildman–Crippen MR) is 131 cm³/mol. The Morgan fingerprint density at radius 3 is 2.20 bits per heavy atom. The quantitative estimate of drug-likeness (QED) is 0.602. The van der Waals surface area contributed by atoms with E-state index in [1.54, 1.807) is 4.90 Å². The van der Waals surface area contributed by atoms with Gasteiger partial charge in [-0.05, 0) is 35.1 Å². The minimum atomic E-state index is -0.827. The number of ether oxygens (including phenoxy) is 1. The Hall–Kier alpha value is -3.35. The highest BCUT2D eigenvalue weighted by Gasteiger charge is 2.39. The fourth-order valence-electron chi connectivity index (χ4n) is 5.93. The molecule has 2 amide bonds. The summed E-state index contributed by atoms with van der Waals surface area (Å²) in [6.45, 7) is 1.22. The SMILES string of the molecule is O=C(O)CC1CN(C(=O)C2CCCCCC2NC(=O)OCC2c3ccccc3-c3ccccc32)C1. The van der Waals surface area contributed by atoms with Crippen LogP contribution >= 0.6 is 0 Å². The van der Waals surface area contributed by atoms with Crippen molar-refractivity contribution in [3.63, 3.8) is 0 Å². The maximum absolute atomic E-state index is 13.2. The molecule has 2 N–H and O–H groups in total. The van der Waals surface area contributed by atoms with Crippen molar-refractivity contribution in [1.29, 1.82) is 0 Å². The molecule has 2 aromatic carbocycles. The molecule has 1 saturated carbocycles. The minimum absolute atomic E-state index is 0.00744. The van der Waals surface area contributed by atoms with E-state index in [1.807, 2.05) is 24.3 Å². The summed E-state index contributed by atoms with van der Waals surface area (Å²) >= 11 is 0. The average Bonchev–Trinajstić information content (AvgIpc) is 2.96. The molecule has 0 spiro atoms. The van der Waals surface area contributed by atoms with Crippen LogP contribution in [0.3, 0.4) is 0 Å². The summed E-state index contributed by atoms with van der Waals surface area (Å²) in [6.07, 6.45) is 4.03. The first-order chi connectivity index (χ1) is 17.0. The van der Waals surface area contributed by atoms with Gasteiger partial charge in [-0.25, -0.2) is 4.79 Å². The molecule has 3 aliphatic rings. The topological polar surface area (TPSA) is 95.9 Å². The van der Waals surface area contributed by atoms with Gasteiger partial charge in [0.2, 0.25) is 5.91 Å². The number of carboxylic acids is 1. The first-order valence-electron chi connectivity index (χ1n) is 12.6. The van der Waals surface area contributed by atoms with E-state index in [2.05, 4.69) is 29.6 Å². The maximum atomic E-state index is 13.2. The molecule has 184 valence electrons. The summed E-state index contributed by atoms with van der Waals surface area (Å²) in [7, 11) is 0. The van der Waals surface area contributed by atoms with Gasteiger partial charge >= 0.3 is 12.1 Å². The standard InChI is InChI=1S/C28H32N2O5/c31-26(32)14-18-15-30(16-18)27(33)23-12-2-1-3-13-25(23)29-28(34)35-17-24-21-10-6-4-8-19(21)20-9-5-7-11-22(20)24/h4-11,18,23-25H,1-3,12-17H2,(H,29,34)(H,31,32). The van der Waals surface area contributed by atoms with Gasteiger partial charge in [0.15, 0.2) is 0 Å². The molecular formula is C28H32N2O5. The molecule has 7 nitrogen and oxygen atoms in total. The second-order valence-corrected chi connectivity index (χ2v) is 10.0. The zero-order valence-electron chi connectivity index (χ0n) is 19.8. The molecule has 0 radical (unpaired) electrons. The monoisotopic (exact) mass is 476 g/mol. The van der Waals surface area contributed by atoms with Crippen LogP contribution in [0.25, 0.3) is 11.1 Å². The van der Waals surface area contributed by atoms with Gasteiger partial charge in [-0.3, -0.25) is 9.59 Å². The van der Waals surface area contributed by atoms with Crippen molar-refractivity contribution in [1.82, 2.24) is 10.2 Å². The molecular weight excluding hydrogens is 444 g/mol. The van der Waals surface area contributed by atoms with Crippen LogP contribution in [-0.4, -0.2) is 53.7 Å². The van der Waals surface area contributed by atoms with Crippen LogP contribution in [-0.2, 0) is 14.3 Å². The van der Waals surface area contributed by atoms with Crippen molar-refractivity contribution in [3.8, 4) is 11.1 Å². The lowest BCUT2D eigenvalue weighted by molar-refractivity contribution is -0.148. The van der Waals surface area contributed by atoms with Crippen LogP contribution in [0.4, 0.5) is 4.79 Å². The number of aliphatic carboxylic acids is 1. The number of hydrogen-bond acceptors (Lipinski definition) is 4. The highest BCUT2D eigenvalue weighted by Crippen LogP contribution is 2.44. The van der Waals surface area contributed by atoms with E-state index in [9.17, 15) is 14.4 Å². The molecule has 2 unspecified atom stereocenters. The Balaban J connectivity index is 1.21. The molecule has 2 aromatic rings. The Kier molecular flexibility index (Phi) is 6.75. The molecule has 1 heterocycles. The molecule has 35 heavy (non-hydrogen) atoms. The number of fused-ring (bicyclic) bond motifs is 3. The third-order valence-corrected chi connectivity index (χ3v) is 7.71. The molecule has 5 rings (SSSR count). The molecule has 1 aliphatic heterocycles. The number of carbonyl (C=O) groups is 3. The van der Waals surface area contributed by atoms with Crippen LogP contribution < -0.4 is 5.32 Å².